The maximum Gasteiger partial charge on any atom is 0.310 e. The molecule has 2 N–H and O–H groups in total. The van der Waals surface area contributed by atoms with Crippen LogP contribution in [0.25, 0.3) is 0 Å². The Kier molecular flexibility index (Phi) is 5.34. The number of nitrogens with zero attached hydrogens (tertiary/aromatic N) is 1. The molecule has 1 unspecified atom stereocenters. The van der Waals surface area contributed by atoms with E-state index in [0.29, 0.717) is 0 Å². The van der Waals surface area contributed by atoms with E-state index in [1.807, 2.05) is 6.07 Å². The second-order valence-electron chi connectivity index (χ2n) is 4.80. The van der Waals surface area contributed by atoms with Gasteiger partial charge in [-0.1, -0.05) is 18.5 Å². The van der Waals surface area contributed by atoms with Crippen molar-refractivity contribution in [1.29, 1.82) is 5.26 Å². The minimum absolute atomic E-state index is 0.0879. The van der Waals surface area contributed by atoms with Crippen molar-refractivity contribution in [2.24, 2.45) is 5.41 Å². The predicted octanol–water partition coefficient (Wildman–Crippen LogP) is 1.99. The molecule has 6 nitrogen and oxygen atoms in total. The van der Waals surface area contributed by atoms with E-state index in [4.69, 9.17) is 22.0 Å². The van der Waals surface area contributed by atoms with Gasteiger partial charge in [-0.2, -0.15) is 5.26 Å². The Morgan fingerprint density at radius 1 is 1.52 bits per heavy atom. The molecule has 1 atom stereocenters. The zero-order valence-electron chi connectivity index (χ0n) is 11.6. The number of hydrogen-bond acceptors (Lipinski definition) is 4. The Morgan fingerprint density at radius 2 is 2.14 bits per heavy atom. The summed E-state index contributed by atoms with van der Waals surface area (Å²) in [5.41, 5.74) is -0.963. The van der Waals surface area contributed by atoms with E-state index in [0.717, 1.165) is 0 Å². The molecule has 0 fully saturated rings. The smallest absolute Gasteiger partial charge is 0.310 e. The average Bonchev–Trinajstić information content (AvgIpc) is 2.44. The summed E-state index contributed by atoms with van der Waals surface area (Å²) >= 11 is 5.85. The van der Waals surface area contributed by atoms with E-state index in [1.165, 1.54) is 25.1 Å². The first kappa shape index (κ1) is 17.4. The second-order valence-corrected chi connectivity index (χ2v) is 6.94. The van der Waals surface area contributed by atoms with Crippen LogP contribution in [-0.4, -0.2) is 26.0 Å². The highest BCUT2D eigenvalue weighted by molar-refractivity contribution is 7.89. The van der Waals surface area contributed by atoms with Crippen LogP contribution >= 0.6 is 11.6 Å². The van der Waals surface area contributed by atoms with Gasteiger partial charge in [-0.05, 0) is 31.5 Å². The van der Waals surface area contributed by atoms with Crippen molar-refractivity contribution in [2.45, 2.75) is 25.2 Å². The van der Waals surface area contributed by atoms with Crippen LogP contribution in [0.5, 0.6) is 0 Å². The quantitative estimate of drug-likeness (QED) is 0.829. The third-order valence-electron chi connectivity index (χ3n) is 3.30. The SMILES string of the molecule is CCC(C)(CNS(=O)(=O)c1ccc(C#N)cc1Cl)C(=O)O. The van der Waals surface area contributed by atoms with E-state index in [2.05, 4.69) is 4.72 Å². The molecule has 0 aliphatic carbocycles. The topological polar surface area (TPSA) is 107 Å². The van der Waals surface area contributed by atoms with Crippen LogP contribution in [0.4, 0.5) is 0 Å². The van der Waals surface area contributed by atoms with Crippen LogP contribution in [0.3, 0.4) is 0 Å². The molecule has 0 amide bonds. The molecule has 0 radical (unpaired) electrons. The van der Waals surface area contributed by atoms with Gasteiger partial charge in [0, 0.05) is 6.54 Å². The van der Waals surface area contributed by atoms with Gasteiger partial charge in [0.05, 0.1) is 22.1 Å². The summed E-state index contributed by atoms with van der Waals surface area (Å²) in [7, 11) is -3.95. The van der Waals surface area contributed by atoms with E-state index in [1.54, 1.807) is 6.92 Å². The van der Waals surface area contributed by atoms with Crippen LogP contribution in [0.2, 0.25) is 5.02 Å². The number of aliphatic carboxylic acids is 1. The Balaban J connectivity index is 3.03. The van der Waals surface area contributed by atoms with Crippen molar-refractivity contribution in [2.75, 3.05) is 6.54 Å². The van der Waals surface area contributed by atoms with Crippen LogP contribution in [0.1, 0.15) is 25.8 Å². The fourth-order valence-corrected chi connectivity index (χ4v) is 3.18. The number of nitrogens with one attached hydrogen (secondary N) is 1. The van der Waals surface area contributed by atoms with Crippen molar-refractivity contribution < 1.29 is 18.3 Å². The van der Waals surface area contributed by atoms with E-state index < -0.39 is 21.4 Å². The fourth-order valence-electron chi connectivity index (χ4n) is 1.47. The van der Waals surface area contributed by atoms with Crippen molar-refractivity contribution in [1.82, 2.24) is 4.72 Å². The molecule has 1 rings (SSSR count). The summed E-state index contributed by atoms with van der Waals surface area (Å²) in [5, 5.41) is 17.8. The summed E-state index contributed by atoms with van der Waals surface area (Å²) < 4.78 is 26.6. The van der Waals surface area contributed by atoms with Gasteiger partial charge in [-0.25, -0.2) is 13.1 Å². The number of carboxylic acid groups (broad SMARTS) is 1. The summed E-state index contributed by atoms with van der Waals surface area (Å²) in [4.78, 5) is 11.0. The number of hydrogen-bond donors (Lipinski definition) is 2. The zero-order valence-corrected chi connectivity index (χ0v) is 13.1. The lowest BCUT2D eigenvalue weighted by atomic mass is 9.88. The van der Waals surface area contributed by atoms with Gasteiger partial charge in [-0.15, -0.1) is 0 Å². The number of benzene rings is 1. The molecule has 0 aromatic heterocycles. The molecule has 0 aliphatic heterocycles. The fraction of sp³-hybridized carbons (Fsp3) is 0.385. The number of carboxylic acids is 1. The van der Waals surface area contributed by atoms with Crippen LogP contribution in [0.15, 0.2) is 23.1 Å². The maximum absolute atomic E-state index is 12.2. The Bertz CT molecular complexity index is 697. The minimum atomic E-state index is -3.95. The highest BCUT2D eigenvalue weighted by Crippen LogP contribution is 2.25. The molecule has 1 aromatic rings. The molecule has 0 spiro atoms. The van der Waals surface area contributed by atoms with Gasteiger partial charge in [0.15, 0.2) is 0 Å². The van der Waals surface area contributed by atoms with E-state index >= 15 is 0 Å². The van der Waals surface area contributed by atoms with Gasteiger partial charge in [0.1, 0.15) is 4.90 Å². The third-order valence-corrected chi connectivity index (χ3v) is 5.18. The highest BCUT2D eigenvalue weighted by atomic mass is 35.5. The number of sulfonamides is 1. The molecule has 0 bridgehead atoms. The Hall–Kier alpha value is -1.62. The lowest BCUT2D eigenvalue weighted by Crippen LogP contribution is -2.40. The summed E-state index contributed by atoms with van der Waals surface area (Å²) in [5.74, 6) is -1.08. The van der Waals surface area contributed by atoms with Crippen LogP contribution in [0, 0.1) is 16.7 Å². The minimum Gasteiger partial charge on any atom is -0.481 e. The molecule has 1 aromatic carbocycles. The first-order valence-corrected chi connectivity index (χ1v) is 7.95. The monoisotopic (exact) mass is 330 g/mol. The molecular weight excluding hydrogens is 316 g/mol. The first-order valence-electron chi connectivity index (χ1n) is 6.09. The zero-order chi connectivity index (χ0) is 16.3. The maximum atomic E-state index is 12.2. The van der Waals surface area contributed by atoms with Gasteiger partial charge < -0.3 is 5.11 Å². The predicted molar refractivity (Wildman–Crippen MR) is 77.4 cm³/mol. The molecule has 8 heteroatoms. The van der Waals surface area contributed by atoms with Crippen molar-refractivity contribution in [3.63, 3.8) is 0 Å². The lowest BCUT2D eigenvalue weighted by molar-refractivity contribution is -0.147. The van der Waals surface area contributed by atoms with Crippen LogP contribution in [-0.2, 0) is 14.8 Å². The van der Waals surface area contributed by atoms with Gasteiger partial charge >= 0.3 is 5.97 Å². The molecule has 0 aliphatic rings. The van der Waals surface area contributed by atoms with Crippen molar-refractivity contribution in [3.05, 3.63) is 28.8 Å². The van der Waals surface area contributed by atoms with Crippen LogP contribution < -0.4 is 4.72 Å². The summed E-state index contributed by atoms with van der Waals surface area (Å²) in [6, 6.07) is 5.64. The number of rotatable bonds is 6. The number of nitriles is 1. The lowest BCUT2D eigenvalue weighted by Gasteiger charge is -2.23. The molecule has 0 saturated heterocycles. The standard InChI is InChI=1S/C13H15ClN2O4S/c1-3-13(2,12(17)18)8-16-21(19,20)11-5-4-9(7-15)6-10(11)14/h4-6,16H,3,8H2,1-2H3,(H,17,18). The number of halogens is 1. The molecule has 0 heterocycles. The van der Waals surface area contributed by atoms with Gasteiger partial charge in [0.2, 0.25) is 10.0 Å². The van der Waals surface area contributed by atoms with E-state index in [-0.39, 0.29) is 28.4 Å². The van der Waals surface area contributed by atoms with Gasteiger partial charge in [0.25, 0.3) is 0 Å². The van der Waals surface area contributed by atoms with Crippen molar-refractivity contribution >= 4 is 27.6 Å². The number of carbonyl (C=O) groups is 1. The molecular formula is C13H15ClN2O4S. The molecule has 114 valence electrons. The third kappa shape index (κ3) is 3.94. The second kappa shape index (κ2) is 6.43. The van der Waals surface area contributed by atoms with Crippen molar-refractivity contribution in [3.8, 4) is 6.07 Å². The normalized spacial score (nSPS) is 14.2. The summed E-state index contributed by atoms with van der Waals surface area (Å²) in [6.07, 6.45) is 0.270. The first-order chi connectivity index (χ1) is 9.66. The van der Waals surface area contributed by atoms with Gasteiger partial charge in [-0.3, -0.25) is 4.79 Å². The van der Waals surface area contributed by atoms with E-state index in [9.17, 15) is 13.2 Å². The summed E-state index contributed by atoms with van der Waals surface area (Å²) in [6.45, 7) is 2.87. The highest BCUT2D eigenvalue weighted by Gasteiger charge is 2.33. The average molecular weight is 331 g/mol. The molecule has 21 heavy (non-hydrogen) atoms. The Morgan fingerprint density at radius 3 is 2.57 bits per heavy atom. The Labute approximate surface area is 128 Å². The largest absolute Gasteiger partial charge is 0.481 e. The molecule has 0 saturated carbocycles.